The van der Waals surface area contributed by atoms with Gasteiger partial charge in [-0.05, 0) is 152 Å². The van der Waals surface area contributed by atoms with E-state index in [1.807, 2.05) is 0 Å². The van der Waals surface area contributed by atoms with E-state index in [0.29, 0.717) is 53.6 Å². The number of hydrogen-bond donors (Lipinski definition) is 0. The minimum absolute atomic E-state index is 0.251. The fourth-order valence-electron chi connectivity index (χ4n) is 15.8. The maximum absolute atomic E-state index is 2.89. The van der Waals surface area contributed by atoms with E-state index < -0.39 is 0 Å². The van der Waals surface area contributed by atoms with Gasteiger partial charge in [0.2, 0.25) is 0 Å². The van der Waals surface area contributed by atoms with Crippen LogP contribution >= 0.6 is 0 Å². The van der Waals surface area contributed by atoms with E-state index in [1.54, 1.807) is 5.70 Å². The number of fused-ring (bicyclic) bond motifs is 8. The van der Waals surface area contributed by atoms with E-state index in [-0.39, 0.29) is 12.1 Å². The maximum atomic E-state index is 2.89. The molecule has 2 fully saturated rings. The van der Waals surface area contributed by atoms with E-state index in [0.717, 1.165) is 44.4 Å². The van der Waals surface area contributed by atoms with Crippen molar-refractivity contribution in [2.24, 2.45) is 35.5 Å². The third kappa shape index (κ3) is 7.84. The summed E-state index contributed by atoms with van der Waals surface area (Å²) in [5.74, 6) is 3.55. The van der Waals surface area contributed by atoms with Crippen LogP contribution in [0.1, 0.15) is 107 Å². The highest BCUT2D eigenvalue weighted by Crippen LogP contribution is 2.55. The van der Waals surface area contributed by atoms with Crippen LogP contribution in [0.4, 0.5) is 11.4 Å². The van der Waals surface area contributed by atoms with Gasteiger partial charge in [-0.3, -0.25) is 0 Å². The molecule has 0 radical (unpaired) electrons. The Morgan fingerprint density at radius 3 is 2.34 bits per heavy atom. The Kier molecular flexibility index (Phi) is 11.9. The molecule has 8 aliphatic carbocycles. The first-order chi connectivity index (χ1) is 36.6. The van der Waals surface area contributed by atoms with Crippen molar-refractivity contribution in [3.63, 3.8) is 0 Å². The fraction of sp³-hybridized carbons (Fsp3) is 0.343. The Bertz CT molecular complexity index is 3230. The van der Waals surface area contributed by atoms with Crippen molar-refractivity contribution in [1.82, 2.24) is 9.80 Å². The molecule has 0 aromatic heterocycles. The van der Waals surface area contributed by atoms with Crippen molar-refractivity contribution in [3.8, 4) is 0 Å². The second-order valence-electron chi connectivity index (χ2n) is 23.3. The quantitative estimate of drug-likeness (QED) is 0.155. The highest BCUT2D eigenvalue weighted by atomic mass is 15.3. The van der Waals surface area contributed by atoms with Crippen LogP contribution in [0.5, 0.6) is 0 Å². The Labute approximate surface area is 440 Å². The molecule has 4 aromatic rings. The molecule has 4 heteroatoms. The van der Waals surface area contributed by atoms with E-state index in [9.17, 15) is 0 Å². The second kappa shape index (κ2) is 19.2. The summed E-state index contributed by atoms with van der Waals surface area (Å²) in [5.41, 5.74) is 14.1. The van der Waals surface area contributed by atoms with Crippen molar-refractivity contribution in [3.05, 3.63) is 246 Å². The molecule has 12 unspecified atom stereocenters. The van der Waals surface area contributed by atoms with Gasteiger partial charge in [0.05, 0.1) is 24.2 Å². The van der Waals surface area contributed by atoms with Gasteiger partial charge in [-0.25, -0.2) is 0 Å². The third-order valence-corrected chi connectivity index (χ3v) is 19.2. The highest BCUT2D eigenvalue weighted by molar-refractivity contribution is 5.95. The number of benzene rings is 4. The van der Waals surface area contributed by atoms with Gasteiger partial charge in [0.1, 0.15) is 0 Å². The molecule has 0 bridgehead atoms. The highest BCUT2D eigenvalue weighted by Gasteiger charge is 2.51. The molecular weight excluding hydrogens is 897 g/mol. The SMILES string of the molecule is CC1CCC2C(C1)C1C=C(N(C3=CCC(C4C=CC(N(C5=CC=C6C(c7ccccc7N6C6C=CC=CC6)C5C)c5cccc6ccccc56)CC4)C=C3)C3CC=Cc4ccccc43)C=CC1N2C1=CC=CCC1. The lowest BCUT2D eigenvalue weighted by molar-refractivity contribution is 0.171. The summed E-state index contributed by atoms with van der Waals surface area (Å²) < 4.78 is 0. The third-order valence-electron chi connectivity index (χ3n) is 19.2. The normalized spacial score (nSPS) is 32.2. The van der Waals surface area contributed by atoms with Crippen molar-refractivity contribution >= 4 is 28.2 Å². The summed E-state index contributed by atoms with van der Waals surface area (Å²) in [6.45, 7) is 5.00. The number of likely N-dealkylation sites (tertiary alicyclic amines) is 1. The lowest BCUT2D eigenvalue weighted by atomic mass is 9.73. The number of nitrogens with zero attached hydrogens (tertiary/aromatic N) is 4. The van der Waals surface area contributed by atoms with Gasteiger partial charge in [0.25, 0.3) is 0 Å². The molecule has 4 nitrogen and oxygen atoms in total. The minimum Gasteiger partial charge on any atom is -0.364 e. The van der Waals surface area contributed by atoms with Crippen LogP contribution in [0.15, 0.2) is 229 Å². The van der Waals surface area contributed by atoms with Crippen LogP contribution in [0.3, 0.4) is 0 Å². The van der Waals surface area contributed by atoms with Crippen LogP contribution in [0.2, 0.25) is 0 Å². The molecule has 1 saturated heterocycles. The Balaban J connectivity index is 0.766. The number of rotatable bonds is 9. The van der Waals surface area contributed by atoms with Crippen LogP contribution in [-0.2, 0) is 0 Å². The molecule has 2 aliphatic heterocycles. The first-order valence-corrected chi connectivity index (χ1v) is 28.6. The summed E-state index contributed by atoms with van der Waals surface area (Å²) >= 11 is 0. The molecule has 10 aliphatic rings. The standard InChI is InChI=1S/C70H72N4/c1-47-31-41-67-61(45-47)62-46-57(40-42-68(62)73(67)53-21-5-3-6-22-53)71(64-29-15-19-51-17-9-11-25-58(51)64)55-36-32-49(33-37-55)50-34-38-56(39-35-50)72(65-30-16-20-52-18-10-12-26-59(52)65)63-43-44-69-70(48(63)2)60-27-13-14-28-66(60)74(69)54-23-7-4-8-24-54/h3-5,7-21,23,25-28,30,32,34,36-38,40,42-44,46-50,54,56,61-62,64,67-68,70H,6,22,24,29,31,33,35,39,41,45H2,1-2H3. The second-order valence-corrected chi connectivity index (χ2v) is 23.3. The molecule has 74 heavy (non-hydrogen) atoms. The summed E-state index contributed by atoms with van der Waals surface area (Å²) in [5, 5.41) is 2.62. The van der Waals surface area contributed by atoms with Crippen LogP contribution < -0.4 is 9.80 Å². The van der Waals surface area contributed by atoms with Crippen molar-refractivity contribution in [2.45, 2.75) is 114 Å². The summed E-state index contributed by atoms with van der Waals surface area (Å²) in [6, 6.07) is 36.2. The Morgan fingerprint density at radius 2 is 1.49 bits per heavy atom. The zero-order valence-electron chi connectivity index (χ0n) is 43.4. The van der Waals surface area contributed by atoms with Gasteiger partial charge in [-0.1, -0.05) is 178 Å². The number of hydrogen-bond acceptors (Lipinski definition) is 4. The van der Waals surface area contributed by atoms with Gasteiger partial charge in [0.15, 0.2) is 0 Å². The van der Waals surface area contributed by atoms with Gasteiger partial charge in [-0.2, -0.15) is 0 Å². The van der Waals surface area contributed by atoms with Crippen LogP contribution in [0, 0.1) is 35.5 Å². The fourth-order valence-corrected chi connectivity index (χ4v) is 15.8. The molecule has 0 amide bonds. The topological polar surface area (TPSA) is 13.0 Å². The van der Waals surface area contributed by atoms with Crippen molar-refractivity contribution in [1.29, 1.82) is 0 Å². The first kappa shape index (κ1) is 45.8. The summed E-state index contributed by atoms with van der Waals surface area (Å²) in [4.78, 5) is 11.0. The van der Waals surface area contributed by atoms with E-state index in [2.05, 4.69) is 240 Å². The number of para-hydroxylation sites is 1. The van der Waals surface area contributed by atoms with Gasteiger partial charge < -0.3 is 19.6 Å². The van der Waals surface area contributed by atoms with Crippen LogP contribution in [-0.4, -0.2) is 34.0 Å². The van der Waals surface area contributed by atoms with Crippen LogP contribution in [0.25, 0.3) is 16.8 Å². The molecule has 14 rings (SSSR count). The monoisotopic (exact) mass is 969 g/mol. The molecule has 0 N–H and O–H groups in total. The van der Waals surface area contributed by atoms with E-state index in [4.69, 9.17) is 0 Å². The predicted molar refractivity (Wildman–Crippen MR) is 309 cm³/mol. The molecule has 12 atom stereocenters. The van der Waals surface area contributed by atoms with E-state index >= 15 is 0 Å². The van der Waals surface area contributed by atoms with Gasteiger partial charge in [-0.15, -0.1) is 0 Å². The molecular formula is C70H72N4. The Morgan fingerprint density at radius 1 is 0.622 bits per heavy atom. The molecule has 372 valence electrons. The van der Waals surface area contributed by atoms with Gasteiger partial charge >= 0.3 is 0 Å². The smallest absolute Gasteiger partial charge is 0.0631 e. The lowest BCUT2D eigenvalue weighted by Crippen LogP contribution is -2.41. The van der Waals surface area contributed by atoms with E-state index in [1.165, 1.54) is 87.3 Å². The molecule has 4 aromatic carbocycles. The zero-order valence-corrected chi connectivity index (χ0v) is 43.4. The summed E-state index contributed by atoms with van der Waals surface area (Å²) in [6.07, 6.45) is 58.5. The zero-order chi connectivity index (χ0) is 49.3. The van der Waals surface area contributed by atoms with Crippen molar-refractivity contribution < 1.29 is 0 Å². The average Bonchev–Trinajstić information content (AvgIpc) is 3.97. The summed E-state index contributed by atoms with van der Waals surface area (Å²) in [7, 11) is 0. The average molecular weight is 969 g/mol. The van der Waals surface area contributed by atoms with Gasteiger partial charge in [0, 0.05) is 69.0 Å². The maximum Gasteiger partial charge on any atom is 0.0631 e. The molecule has 1 saturated carbocycles. The Hall–Kier alpha value is -6.78. The first-order valence-electron chi connectivity index (χ1n) is 28.6. The molecule has 0 spiro atoms. The number of allylic oxidation sites excluding steroid dienone is 15. The molecule has 2 heterocycles. The lowest BCUT2D eigenvalue weighted by Gasteiger charge is -2.43. The largest absolute Gasteiger partial charge is 0.364 e. The minimum atomic E-state index is 0.251. The van der Waals surface area contributed by atoms with Crippen molar-refractivity contribution in [2.75, 3.05) is 9.80 Å². The number of anilines is 2. The predicted octanol–water partition coefficient (Wildman–Crippen LogP) is 16.6.